The summed E-state index contributed by atoms with van der Waals surface area (Å²) in [5.41, 5.74) is 2.98. The first kappa shape index (κ1) is 20.2. The van der Waals surface area contributed by atoms with Gasteiger partial charge in [-0.1, -0.05) is 20.8 Å². The Bertz CT molecular complexity index is 494. The zero-order valence-corrected chi connectivity index (χ0v) is 14.8. The number of ether oxygens (including phenoxy) is 1. The van der Waals surface area contributed by atoms with Crippen LogP contribution in [0.25, 0.3) is 0 Å². The normalized spacial score (nSPS) is 21.5. The van der Waals surface area contributed by atoms with Gasteiger partial charge < -0.3 is 26.2 Å². The van der Waals surface area contributed by atoms with Gasteiger partial charge in [0.1, 0.15) is 0 Å². The van der Waals surface area contributed by atoms with Crippen LogP contribution in [0.15, 0.2) is 0 Å². The molecule has 138 valence electrons. The molecule has 8 nitrogen and oxygen atoms in total. The van der Waals surface area contributed by atoms with E-state index in [2.05, 4.69) is 10.6 Å². The van der Waals surface area contributed by atoms with E-state index in [0.29, 0.717) is 25.8 Å². The number of primary amides is 1. The number of carbonyl (C=O) groups is 3. The second-order valence-electron chi connectivity index (χ2n) is 7.06. The second kappa shape index (κ2) is 7.83. The summed E-state index contributed by atoms with van der Waals surface area (Å²) in [5.74, 6) is -0.858. The maximum atomic E-state index is 12.8. The number of hydrogen-bond donors (Lipinski definition) is 4. The molecule has 1 saturated heterocycles. The molecule has 0 aliphatic carbocycles. The van der Waals surface area contributed by atoms with Crippen LogP contribution < -0.4 is 16.4 Å². The molecular weight excluding hydrogens is 314 g/mol. The van der Waals surface area contributed by atoms with Crippen LogP contribution in [-0.4, -0.2) is 47.8 Å². The van der Waals surface area contributed by atoms with Crippen molar-refractivity contribution >= 4 is 17.9 Å². The Balaban J connectivity index is 2.89. The lowest BCUT2D eigenvalue weighted by Crippen LogP contribution is -2.59. The topological polar surface area (TPSA) is 131 Å². The molecule has 1 aliphatic heterocycles. The van der Waals surface area contributed by atoms with Gasteiger partial charge in [0.25, 0.3) is 5.91 Å². The largest absolute Gasteiger partial charge is 0.433 e. The van der Waals surface area contributed by atoms with Crippen LogP contribution in [0.5, 0.6) is 0 Å². The average molecular weight is 343 g/mol. The van der Waals surface area contributed by atoms with Gasteiger partial charge in [-0.15, -0.1) is 0 Å². The summed E-state index contributed by atoms with van der Waals surface area (Å²) >= 11 is 0. The molecule has 3 atom stereocenters. The monoisotopic (exact) mass is 343 g/mol. The minimum Gasteiger partial charge on any atom is -0.433 e. The molecule has 5 N–H and O–H groups in total. The smallest absolute Gasteiger partial charge is 0.405 e. The molecule has 0 radical (unpaired) electrons. The summed E-state index contributed by atoms with van der Waals surface area (Å²) < 4.78 is 5.16. The first-order valence-electron chi connectivity index (χ1n) is 8.25. The Morgan fingerprint density at radius 1 is 1.46 bits per heavy atom. The standard InChI is InChI=1S/C16H29N3O5/c1-5-15(2,3)16(4,24-14(17)23)13(22)19-11(9-20)8-10-6-7-18-12(10)21/h10-11,20H,5-9H2,1-4H3,(H2,17,23)(H,18,21)(H,19,22). The summed E-state index contributed by atoms with van der Waals surface area (Å²) in [7, 11) is 0. The van der Waals surface area contributed by atoms with Gasteiger partial charge in [-0.05, 0) is 26.2 Å². The number of rotatable bonds is 8. The van der Waals surface area contributed by atoms with Gasteiger partial charge in [-0.2, -0.15) is 0 Å². The summed E-state index contributed by atoms with van der Waals surface area (Å²) in [6, 6.07) is -0.602. The second-order valence-corrected chi connectivity index (χ2v) is 7.06. The summed E-state index contributed by atoms with van der Waals surface area (Å²) in [6.07, 6.45) is 0.525. The van der Waals surface area contributed by atoms with Crippen molar-refractivity contribution in [2.45, 2.75) is 58.6 Å². The highest BCUT2D eigenvalue weighted by Gasteiger charge is 2.50. The van der Waals surface area contributed by atoms with E-state index in [9.17, 15) is 19.5 Å². The van der Waals surface area contributed by atoms with E-state index in [0.717, 1.165) is 0 Å². The Labute approximate surface area is 142 Å². The maximum absolute atomic E-state index is 12.8. The van der Waals surface area contributed by atoms with E-state index in [1.807, 2.05) is 6.92 Å². The molecule has 0 aromatic heterocycles. The quantitative estimate of drug-likeness (QED) is 0.503. The highest BCUT2D eigenvalue weighted by molar-refractivity contribution is 5.88. The van der Waals surface area contributed by atoms with E-state index in [-0.39, 0.29) is 18.4 Å². The van der Waals surface area contributed by atoms with E-state index < -0.39 is 29.1 Å². The number of hydrogen-bond acceptors (Lipinski definition) is 5. The molecular formula is C16H29N3O5. The molecule has 1 rings (SSSR count). The van der Waals surface area contributed by atoms with Crippen molar-refractivity contribution in [3.8, 4) is 0 Å². The summed E-state index contributed by atoms with van der Waals surface area (Å²) in [4.78, 5) is 35.7. The van der Waals surface area contributed by atoms with Gasteiger partial charge in [-0.3, -0.25) is 9.59 Å². The van der Waals surface area contributed by atoms with Gasteiger partial charge in [0.05, 0.1) is 12.6 Å². The molecule has 1 fully saturated rings. The molecule has 3 amide bonds. The predicted octanol–water partition coefficient (Wildman–Crippen LogP) is 0.280. The van der Waals surface area contributed by atoms with Crippen molar-refractivity contribution in [3.05, 3.63) is 0 Å². The average Bonchev–Trinajstić information content (AvgIpc) is 2.90. The van der Waals surface area contributed by atoms with Crippen LogP contribution >= 0.6 is 0 Å². The molecule has 24 heavy (non-hydrogen) atoms. The minimum atomic E-state index is -1.49. The molecule has 3 unspecified atom stereocenters. The number of aliphatic hydroxyl groups excluding tert-OH is 1. The van der Waals surface area contributed by atoms with Crippen LogP contribution in [0.4, 0.5) is 4.79 Å². The summed E-state index contributed by atoms with van der Waals surface area (Å²) in [6.45, 7) is 7.27. The van der Waals surface area contributed by atoms with Crippen molar-refractivity contribution in [1.29, 1.82) is 0 Å². The van der Waals surface area contributed by atoms with E-state index >= 15 is 0 Å². The van der Waals surface area contributed by atoms with Crippen molar-refractivity contribution in [2.24, 2.45) is 17.1 Å². The van der Waals surface area contributed by atoms with Crippen LogP contribution in [0, 0.1) is 11.3 Å². The fourth-order valence-electron chi connectivity index (χ4n) is 2.75. The van der Waals surface area contributed by atoms with Gasteiger partial charge in [0, 0.05) is 17.9 Å². The van der Waals surface area contributed by atoms with E-state index in [1.165, 1.54) is 6.92 Å². The van der Waals surface area contributed by atoms with Crippen LogP contribution in [-0.2, 0) is 14.3 Å². The van der Waals surface area contributed by atoms with Crippen LogP contribution in [0.2, 0.25) is 0 Å². The molecule has 1 aliphatic rings. The van der Waals surface area contributed by atoms with Gasteiger partial charge in [0.15, 0.2) is 5.60 Å². The first-order chi connectivity index (χ1) is 11.1. The Morgan fingerprint density at radius 2 is 2.08 bits per heavy atom. The van der Waals surface area contributed by atoms with Crippen molar-refractivity contribution in [1.82, 2.24) is 10.6 Å². The molecule has 0 saturated carbocycles. The molecule has 0 aromatic carbocycles. The van der Waals surface area contributed by atoms with Crippen LogP contribution in [0.3, 0.4) is 0 Å². The van der Waals surface area contributed by atoms with Crippen molar-refractivity contribution < 1.29 is 24.2 Å². The number of amides is 3. The third kappa shape index (κ3) is 4.37. The van der Waals surface area contributed by atoms with Gasteiger partial charge in [-0.25, -0.2) is 4.79 Å². The lowest BCUT2D eigenvalue weighted by molar-refractivity contribution is -0.152. The van der Waals surface area contributed by atoms with E-state index in [4.69, 9.17) is 10.5 Å². The maximum Gasteiger partial charge on any atom is 0.405 e. The zero-order valence-electron chi connectivity index (χ0n) is 14.8. The highest BCUT2D eigenvalue weighted by atomic mass is 16.6. The molecule has 1 heterocycles. The lowest BCUT2D eigenvalue weighted by atomic mass is 9.73. The zero-order chi connectivity index (χ0) is 18.5. The van der Waals surface area contributed by atoms with Crippen LogP contribution in [0.1, 0.15) is 47.0 Å². The highest BCUT2D eigenvalue weighted by Crippen LogP contribution is 2.37. The van der Waals surface area contributed by atoms with E-state index in [1.54, 1.807) is 13.8 Å². The Hall–Kier alpha value is -1.83. The molecule has 0 aromatic rings. The SMILES string of the molecule is CCC(C)(C)C(C)(OC(N)=O)C(=O)NC(CO)CC1CCNC1=O. The fraction of sp³-hybridized carbons (Fsp3) is 0.812. The number of carbonyl (C=O) groups excluding carboxylic acids is 3. The molecule has 0 spiro atoms. The van der Waals surface area contributed by atoms with Crippen molar-refractivity contribution in [3.63, 3.8) is 0 Å². The fourth-order valence-corrected chi connectivity index (χ4v) is 2.75. The van der Waals surface area contributed by atoms with Gasteiger partial charge in [0.2, 0.25) is 5.91 Å². The molecule has 8 heteroatoms. The lowest BCUT2D eigenvalue weighted by Gasteiger charge is -2.41. The Kier molecular flexibility index (Phi) is 6.59. The summed E-state index contributed by atoms with van der Waals surface area (Å²) in [5, 5.41) is 15.0. The first-order valence-corrected chi connectivity index (χ1v) is 8.25. The van der Waals surface area contributed by atoms with Gasteiger partial charge >= 0.3 is 6.09 Å². The minimum absolute atomic E-state index is 0.0762. The number of aliphatic hydroxyl groups is 1. The Morgan fingerprint density at radius 3 is 2.50 bits per heavy atom. The number of nitrogens with one attached hydrogen (secondary N) is 2. The third-order valence-electron chi connectivity index (χ3n) is 5.20. The van der Waals surface area contributed by atoms with Crippen molar-refractivity contribution in [2.75, 3.05) is 13.2 Å². The predicted molar refractivity (Wildman–Crippen MR) is 87.9 cm³/mol. The molecule has 0 bridgehead atoms. The number of nitrogens with two attached hydrogens (primary N) is 1. The third-order valence-corrected chi connectivity index (χ3v) is 5.20.